The number of aliphatic hydroxyl groups is 1. The van der Waals surface area contributed by atoms with E-state index in [1.165, 1.54) is 6.92 Å². The maximum absolute atomic E-state index is 13.6. The fraction of sp³-hybridized carbons (Fsp3) is 0.308. The third kappa shape index (κ3) is 4.36. The Hall–Kier alpha value is -1.68. The number of nitrogens with one attached hydrogen (secondary N) is 1. The van der Waals surface area contributed by atoms with Crippen molar-refractivity contribution in [3.8, 4) is 0 Å². The lowest BCUT2D eigenvalue weighted by Crippen LogP contribution is -2.20. The molecule has 1 aromatic rings. The lowest BCUT2D eigenvalue weighted by Gasteiger charge is -2.02. The minimum Gasteiger partial charge on any atom is -0.392 e. The molecule has 4 heteroatoms. The molecule has 0 atom stereocenters. The Morgan fingerprint density at radius 1 is 1.53 bits per heavy atom. The van der Waals surface area contributed by atoms with E-state index >= 15 is 0 Å². The summed E-state index contributed by atoms with van der Waals surface area (Å²) in [6, 6.07) is 4.88. The number of halogens is 1. The molecule has 0 saturated heterocycles. The van der Waals surface area contributed by atoms with Crippen LogP contribution in [-0.4, -0.2) is 17.6 Å². The van der Waals surface area contributed by atoms with Gasteiger partial charge in [0.15, 0.2) is 0 Å². The molecular formula is C13H16FNO2. The second-order valence-electron chi connectivity index (χ2n) is 3.65. The van der Waals surface area contributed by atoms with Crippen molar-refractivity contribution in [2.75, 3.05) is 6.54 Å². The second-order valence-corrected chi connectivity index (χ2v) is 3.65. The molecule has 1 aromatic carbocycles. The van der Waals surface area contributed by atoms with E-state index in [9.17, 15) is 9.18 Å². The summed E-state index contributed by atoms with van der Waals surface area (Å²) in [6.45, 7) is 1.68. The summed E-state index contributed by atoms with van der Waals surface area (Å²) in [5.41, 5.74) is 0.730. The molecule has 0 radical (unpaired) electrons. The molecule has 92 valence electrons. The molecule has 3 nitrogen and oxygen atoms in total. The molecule has 1 rings (SSSR count). The van der Waals surface area contributed by atoms with E-state index in [0.717, 1.165) is 0 Å². The highest BCUT2D eigenvalue weighted by molar-refractivity contribution is 5.72. The van der Waals surface area contributed by atoms with Crippen molar-refractivity contribution in [3.05, 3.63) is 41.2 Å². The predicted octanol–water partition coefficient (Wildman–Crippen LogP) is 1.86. The first-order valence-electron chi connectivity index (χ1n) is 5.44. The minimum absolute atomic E-state index is 0.0770. The van der Waals surface area contributed by atoms with Crippen LogP contribution in [0.15, 0.2) is 24.3 Å². The van der Waals surface area contributed by atoms with Gasteiger partial charge in [0.25, 0.3) is 0 Å². The largest absolute Gasteiger partial charge is 0.392 e. The van der Waals surface area contributed by atoms with Gasteiger partial charge in [0, 0.05) is 24.6 Å². The van der Waals surface area contributed by atoms with Gasteiger partial charge in [-0.15, -0.1) is 0 Å². The van der Waals surface area contributed by atoms with Crippen LogP contribution in [0.2, 0.25) is 0 Å². The van der Waals surface area contributed by atoms with Crippen molar-refractivity contribution in [2.24, 2.45) is 0 Å². The quantitative estimate of drug-likeness (QED) is 0.768. The van der Waals surface area contributed by atoms with Crippen LogP contribution in [0.4, 0.5) is 4.39 Å². The van der Waals surface area contributed by atoms with Crippen LogP contribution in [0.1, 0.15) is 24.5 Å². The van der Waals surface area contributed by atoms with Gasteiger partial charge in [-0.3, -0.25) is 4.79 Å². The Balaban J connectivity index is 2.56. The van der Waals surface area contributed by atoms with Crippen molar-refractivity contribution in [1.29, 1.82) is 0 Å². The monoisotopic (exact) mass is 237 g/mol. The van der Waals surface area contributed by atoms with Crippen LogP contribution in [0.5, 0.6) is 0 Å². The third-order valence-corrected chi connectivity index (χ3v) is 2.26. The zero-order valence-electron chi connectivity index (χ0n) is 9.74. The van der Waals surface area contributed by atoms with E-state index < -0.39 is 5.82 Å². The summed E-state index contributed by atoms with van der Waals surface area (Å²) >= 11 is 0. The zero-order chi connectivity index (χ0) is 12.7. The van der Waals surface area contributed by atoms with Gasteiger partial charge in [-0.2, -0.15) is 0 Å². The van der Waals surface area contributed by atoms with Gasteiger partial charge >= 0.3 is 0 Å². The Kier molecular flexibility index (Phi) is 5.36. The highest BCUT2D eigenvalue weighted by Crippen LogP contribution is 2.14. The molecular weight excluding hydrogens is 221 g/mol. The number of aliphatic hydroxyl groups excluding tert-OH is 1. The lowest BCUT2D eigenvalue weighted by atomic mass is 10.1. The van der Waals surface area contributed by atoms with E-state index in [4.69, 9.17) is 5.11 Å². The molecule has 0 spiro atoms. The van der Waals surface area contributed by atoms with Crippen LogP contribution < -0.4 is 5.32 Å². The third-order valence-electron chi connectivity index (χ3n) is 2.26. The number of amides is 1. The topological polar surface area (TPSA) is 49.3 Å². The highest BCUT2D eigenvalue weighted by Gasteiger charge is 2.03. The summed E-state index contributed by atoms with van der Waals surface area (Å²) in [6.07, 6.45) is 4.08. The number of carbonyl (C=O) groups excluding carboxylic acids is 1. The van der Waals surface area contributed by atoms with Crippen LogP contribution in [0, 0.1) is 5.82 Å². The fourth-order valence-corrected chi connectivity index (χ4v) is 1.39. The first kappa shape index (κ1) is 13.4. The van der Waals surface area contributed by atoms with Crippen molar-refractivity contribution < 1.29 is 14.3 Å². The normalized spacial score (nSPS) is 10.8. The van der Waals surface area contributed by atoms with Gasteiger partial charge in [-0.1, -0.05) is 30.4 Å². The van der Waals surface area contributed by atoms with Crippen molar-refractivity contribution in [2.45, 2.75) is 20.0 Å². The zero-order valence-corrected chi connectivity index (χ0v) is 9.74. The maximum atomic E-state index is 13.6. The average Bonchev–Trinajstić information content (AvgIpc) is 2.30. The van der Waals surface area contributed by atoms with Crippen LogP contribution >= 0.6 is 0 Å². The predicted molar refractivity (Wildman–Crippen MR) is 64.7 cm³/mol. The van der Waals surface area contributed by atoms with Crippen molar-refractivity contribution in [3.63, 3.8) is 0 Å². The van der Waals surface area contributed by atoms with Crippen molar-refractivity contribution in [1.82, 2.24) is 5.32 Å². The van der Waals surface area contributed by atoms with Gasteiger partial charge in [0.2, 0.25) is 5.91 Å². The molecule has 0 saturated carbocycles. The standard InChI is InChI=1S/C13H16FNO2/c1-10(17)15-8-3-2-5-11-6-4-7-12(9-16)13(11)14/h2,4-7,16H,3,8-9H2,1H3,(H,15,17). The van der Waals surface area contributed by atoms with E-state index in [1.54, 1.807) is 30.4 Å². The molecule has 0 fully saturated rings. The number of benzene rings is 1. The molecule has 0 aliphatic rings. The molecule has 0 aromatic heterocycles. The first-order chi connectivity index (χ1) is 8.15. The fourth-order valence-electron chi connectivity index (χ4n) is 1.39. The molecule has 0 aliphatic heterocycles. The molecule has 0 aliphatic carbocycles. The Morgan fingerprint density at radius 2 is 2.29 bits per heavy atom. The number of rotatable bonds is 5. The Labute approximate surface area is 100.0 Å². The SMILES string of the molecule is CC(=O)NCCC=Cc1cccc(CO)c1F. The number of hydrogen-bond acceptors (Lipinski definition) is 2. The van der Waals surface area contributed by atoms with E-state index in [-0.39, 0.29) is 18.1 Å². The van der Waals surface area contributed by atoms with E-state index in [2.05, 4.69) is 5.32 Å². The number of carbonyl (C=O) groups is 1. The lowest BCUT2D eigenvalue weighted by molar-refractivity contribution is -0.118. The molecule has 0 bridgehead atoms. The molecule has 17 heavy (non-hydrogen) atoms. The second kappa shape index (κ2) is 6.81. The van der Waals surface area contributed by atoms with Crippen LogP contribution in [-0.2, 0) is 11.4 Å². The van der Waals surface area contributed by atoms with E-state index in [0.29, 0.717) is 18.5 Å². The number of hydrogen-bond donors (Lipinski definition) is 2. The van der Waals surface area contributed by atoms with Crippen LogP contribution in [0.25, 0.3) is 6.08 Å². The van der Waals surface area contributed by atoms with E-state index in [1.807, 2.05) is 0 Å². The maximum Gasteiger partial charge on any atom is 0.216 e. The van der Waals surface area contributed by atoms with Gasteiger partial charge in [-0.25, -0.2) is 4.39 Å². The average molecular weight is 237 g/mol. The summed E-state index contributed by atoms with van der Waals surface area (Å²) in [5, 5.41) is 11.5. The molecule has 0 heterocycles. The van der Waals surface area contributed by atoms with Gasteiger partial charge in [0.05, 0.1) is 6.61 Å². The summed E-state index contributed by atoms with van der Waals surface area (Å²) in [4.78, 5) is 10.6. The summed E-state index contributed by atoms with van der Waals surface area (Å²) < 4.78 is 13.6. The molecule has 0 unspecified atom stereocenters. The molecule has 1 amide bonds. The smallest absolute Gasteiger partial charge is 0.216 e. The van der Waals surface area contributed by atoms with Gasteiger partial charge in [0.1, 0.15) is 5.82 Å². The minimum atomic E-state index is -0.397. The first-order valence-corrected chi connectivity index (χ1v) is 5.44. The summed E-state index contributed by atoms with van der Waals surface area (Å²) in [7, 11) is 0. The van der Waals surface area contributed by atoms with Crippen LogP contribution in [0.3, 0.4) is 0 Å². The Morgan fingerprint density at radius 3 is 2.94 bits per heavy atom. The summed E-state index contributed by atoms with van der Waals surface area (Å²) in [5.74, 6) is -0.474. The highest BCUT2D eigenvalue weighted by atomic mass is 19.1. The Bertz CT molecular complexity index is 416. The molecule has 2 N–H and O–H groups in total. The van der Waals surface area contributed by atoms with Crippen molar-refractivity contribution >= 4 is 12.0 Å². The van der Waals surface area contributed by atoms with Gasteiger partial charge in [-0.05, 0) is 6.42 Å². The van der Waals surface area contributed by atoms with Gasteiger partial charge < -0.3 is 10.4 Å².